The Morgan fingerprint density at radius 3 is 2.56 bits per heavy atom. The number of nitrogens with one attached hydrogen (secondary N) is 1. The first-order valence-corrected chi connectivity index (χ1v) is 6.10. The molecule has 0 aliphatic heterocycles. The number of nitrogens with two attached hydrogens (primary N) is 1. The molecule has 2 rings (SSSR count). The molecule has 0 atom stereocenters. The Hall–Kier alpha value is -2.08. The van der Waals surface area contributed by atoms with Gasteiger partial charge in [-0.3, -0.25) is 4.79 Å². The molecule has 94 valence electrons. The van der Waals surface area contributed by atoms with Crippen LogP contribution in [0.25, 0.3) is 0 Å². The fourth-order valence-corrected chi connectivity index (χ4v) is 2.28. The van der Waals surface area contributed by atoms with E-state index in [1.54, 1.807) is 38.4 Å². The van der Waals surface area contributed by atoms with E-state index in [1.165, 1.54) is 11.3 Å². The third-order valence-electron chi connectivity index (χ3n) is 2.43. The van der Waals surface area contributed by atoms with Crippen molar-refractivity contribution < 1.29 is 9.53 Å². The zero-order valence-electron chi connectivity index (χ0n) is 10.1. The highest BCUT2D eigenvalue weighted by Crippen LogP contribution is 2.27. The zero-order chi connectivity index (χ0) is 13.1. The number of ketones is 1. The van der Waals surface area contributed by atoms with Crippen molar-refractivity contribution in [2.75, 3.05) is 25.2 Å². The van der Waals surface area contributed by atoms with Gasteiger partial charge >= 0.3 is 0 Å². The van der Waals surface area contributed by atoms with E-state index >= 15 is 0 Å². The van der Waals surface area contributed by atoms with Gasteiger partial charge in [0.2, 0.25) is 5.78 Å². The van der Waals surface area contributed by atoms with Crippen LogP contribution in [0.3, 0.4) is 0 Å². The molecule has 0 saturated carbocycles. The fraction of sp³-hybridized carbons (Fsp3) is 0.167. The van der Waals surface area contributed by atoms with Gasteiger partial charge in [-0.25, -0.2) is 4.98 Å². The Bertz CT molecular complexity index is 563. The van der Waals surface area contributed by atoms with Gasteiger partial charge in [0.1, 0.15) is 16.4 Å². The molecule has 1 heterocycles. The number of methoxy groups -OCH3 is 1. The number of hydrogen-bond donors (Lipinski definition) is 2. The van der Waals surface area contributed by atoms with E-state index in [1.807, 2.05) is 0 Å². The number of carbonyl (C=O) groups excluding carboxylic acids is 1. The van der Waals surface area contributed by atoms with Gasteiger partial charge in [0.25, 0.3) is 0 Å². The molecule has 0 bridgehead atoms. The predicted octanol–water partition coefficient (Wildman–Crippen LogP) is 2.01. The Balaban J connectivity index is 2.31. The van der Waals surface area contributed by atoms with Crippen LogP contribution in [0.15, 0.2) is 24.3 Å². The second-order valence-electron chi connectivity index (χ2n) is 3.54. The maximum atomic E-state index is 12.2. The summed E-state index contributed by atoms with van der Waals surface area (Å²) in [7, 11) is 3.32. The van der Waals surface area contributed by atoms with E-state index in [4.69, 9.17) is 10.5 Å². The Labute approximate surface area is 109 Å². The van der Waals surface area contributed by atoms with E-state index in [9.17, 15) is 4.79 Å². The highest BCUT2D eigenvalue weighted by molar-refractivity contribution is 7.18. The molecule has 5 nitrogen and oxygen atoms in total. The molecule has 0 fully saturated rings. The summed E-state index contributed by atoms with van der Waals surface area (Å²) < 4.78 is 5.04. The molecule has 0 aliphatic carbocycles. The van der Waals surface area contributed by atoms with Crippen molar-refractivity contribution in [2.24, 2.45) is 0 Å². The van der Waals surface area contributed by atoms with E-state index in [2.05, 4.69) is 10.3 Å². The standard InChI is InChI=1S/C12H13N3O2S/c1-14-12-15-11(13)10(18-12)9(16)7-3-5-8(17-2)6-4-7/h3-6H,13H2,1-2H3,(H,14,15). The molecule has 1 aromatic heterocycles. The SMILES string of the molecule is CNc1nc(N)c(C(=O)c2ccc(OC)cc2)s1. The van der Waals surface area contributed by atoms with E-state index < -0.39 is 0 Å². The monoisotopic (exact) mass is 263 g/mol. The molecule has 0 amide bonds. The van der Waals surface area contributed by atoms with Crippen molar-refractivity contribution in [1.29, 1.82) is 0 Å². The second kappa shape index (κ2) is 5.05. The summed E-state index contributed by atoms with van der Waals surface area (Å²) in [6.07, 6.45) is 0. The molecule has 0 spiro atoms. The lowest BCUT2D eigenvalue weighted by molar-refractivity contribution is 0.104. The quantitative estimate of drug-likeness (QED) is 0.825. The number of ether oxygens (including phenoxy) is 1. The van der Waals surface area contributed by atoms with Crippen LogP contribution in [-0.2, 0) is 0 Å². The number of nitrogen functional groups attached to an aromatic ring is 1. The van der Waals surface area contributed by atoms with Gasteiger partial charge in [-0.2, -0.15) is 0 Å². The van der Waals surface area contributed by atoms with E-state index in [-0.39, 0.29) is 11.6 Å². The van der Waals surface area contributed by atoms with Crippen LogP contribution in [0, 0.1) is 0 Å². The van der Waals surface area contributed by atoms with Crippen LogP contribution in [0.4, 0.5) is 10.9 Å². The maximum Gasteiger partial charge on any atom is 0.206 e. The van der Waals surface area contributed by atoms with Gasteiger partial charge in [0.05, 0.1) is 7.11 Å². The minimum Gasteiger partial charge on any atom is -0.497 e. The third kappa shape index (κ3) is 2.28. The van der Waals surface area contributed by atoms with Crippen LogP contribution in [0.1, 0.15) is 15.2 Å². The molecule has 0 radical (unpaired) electrons. The van der Waals surface area contributed by atoms with E-state index in [0.29, 0.717) is 21.3 Å². The summed E-state index contributed by atoms with van der Waals surface area (Å²) in [5.74, 6) is 0.832. The smallest absolute Gasteiger partial charge is 0.206 e. The number of carbonyl (C=O) groups is 1. The van der Waals surface area contributed by atoms with Crippen molar-refractivity contribution in [3.05, 3.63) is 34.7 Å². The predicted molar refractivity (Wildman–Crippen MR) is 72.5 cm³/mol. The van der Waals surface area contributed by atoms with Crippen LogP contribution in [0.5, 0.6) is 5.75 Å². The van der Waals surface area contributed by atoms with Gasteiger partial charge in [0.15, 0.2) is 5.13 Å². The molecule has 0 unspecified atom stereocenters. The molecule has 6 heteroatoms. The first-order chi connectivity index (χ1) is 8.65. The largest absolute Gasteiger partial charge is 0.497 e. The van der Waals surface area contributed by atoms with Crippen LogP contribution < -0.4 is 15.8 Å². The number of nitrogens with zero attached hydrogens (tertiary/aromatic N) is 1. The molecular formula is C12H13N3O2S. The molecule has 0 saturated heterocycles. The Kier molecular flexibility index (Phi) is 3.47. The summed E-state index contributed by atoms with van der Waals surface area (Å²) in [5.41, 5.74) is 6.29. The number of aromatic nitrogens is 1. The number of hydrogen-bond acceptors (Lipinski definition) is 6. The summed E-state index contributed by atoms with van der Waals surface area (Å²) >= 11 is 1.24. The summed E-state index contributed by atoms with van der Waals surface area (Å²) in [6, 6.07) is 6.89. The van der Waals surface area contributed by atoms with Gasteiger partial charge in [-0.15, -0.1) is 0 Å². The lowest BCUT2D eigenvalue weighted by Crippen LogP contribution is -2.02. The molecule has 3 N–H and O–H groups in total. The number of benzene rings is 1. The van der Waals surface area contributed by atoms with Crippen molar-refractivity contribution >= 4 is 28.1 Å². The lowest BCUT2D eigenvalue weighted by atomic mass is 10.1. The lowest BCUT2D eigenvalue weighted by Gasteiger charge is -2.01. The van der Waals surface area contributed by atoms with Crippen LogP contribution in [-0.4, -0.2) is 24.9 Å². The molecular weight excluding hydrogens is 250 g/mol. The Morgan fingerprint density at radius 2 is 2.06 bits per heavy atom. The molecule has 2 aromatic rings. The molecule has 18 heavy (non-hydrogen) atoms. The average Bonchev–Trinajstić information content (AvgIpc) is 2.79. The normalized spacial score (nSPS) is 10.1. The Morgan fingerprint density at radius 1 is 1.39 bits per heavy atom. The van der Waals surface area contributed by atoms with Gasteiger partial charge in [-0.1, -0.05) is 11.3 Å². The van der Waals surface area contributed by atoms with Crippen molar-refractivity contribution in [1.82, 2.24) is 4.98 Å². The van der Waals surface area contributed by atoms with Crippen LogP contribution >= 0.6 is 11.3 Å². The number of rotatable bonds is 4. The summed E-state index contributed by atoms with van der Waals surface area (Å²) in [6.45, 7) is 0. The summed E-state index contributed by atoms with van der Waals surface area (Å²) in [5, 5.41) is 3.50. The van der Waals surface area contributed by atoms with Gasteiger partial charge in [0, 0.05) is 12.6 Å². The maximum absolute atomic E-state index is 12.2. The zero-order valence-corrected chi connectivity index (χ0v) is 10.9. The number of anilines is 2. The fourth-order valence-electron chi connectivity index (χ4n) is 1.48. The number of thiazole rings is 1. The topological polar surface area (TPSA) is 77.2 Å². The van der Waals surface area contributed by atoms with Gasteiger partial charge in [-0.05, 0) is 24.3 Å². The second-order valence-corrected chi connectivity index (χ2v) is 4.54. The average molecular weight is 263 g/mol. The molecule has 0 aliphatic rings. The highest BCUT2D eigenvalue weighted by atomic mass is 32.1. The highest BCUT2D eigenvalue weighted by Gasteiger charge is 2.17. The van der Waals surface area contributed by atoms with Crippen molar-refractivity contribution in [2.45, 2.75) is 0 Å². The minimum absolute atomic E-state index is 0.130. The third-order valence-corrected chi connectivity index (χ3v) is 3.51. The van der Waals surface area contributed by atoms with Crippen LogP contribution in [0.2, 0.25) is 0 Å². The minimum atomic E-state index is -0.130. The molecule has 1 aromatic carbocycles. The van der Waals surface area contributed by atoms with Crippen molar-refractivity contribution in [3.8, 4) is 5.75 Å². The summed E-state index contributed by atoms with van der Waals surface area (Å²) in [4.78, 5) is 16.7. The first-order valence-electron chi connectivity index (χ1n) is 5.28. The van der Waals surface area contributed by atoms with Crippen molar-refractivity contribution in [3.63, 3.8) is 0 Å². The van der Waals surface area contributed by atoms with Gasteiger partial charge < -0.3 is 15.8 Å². The first kappa shape index (κ1) is 12.4. The van der Waals surface area contributed by atoms with E-state index in [0.717, 1.165) is 0 Å².